The molecule has 3 rings (SSSR count). The first kappa shape index (κ1) is 16.8. The van der Waals surface area contributed by atoms with Crippen LogP contribution in [0, 0.1) is 0 Å². The Kier molecular flexibility index (Phi) is 4.07. The van der Waals surface area contributed by atoms with Gasteiger partial charge in [-0.05, 0) is 23.1 Å². The van der Waals surface area contributed by atoms with Crippen molar-refractivity contribution in [2.75, 3.05) is 12.9 Å². The molecule has 0 saturated carbocycles. The van der Waals surface area contributed by atoms with Gasteiger partial charge in [-0.25, -0.2) is 8.42 Å². The molecule has 6 nitrogen and oxygen atoms in total. The Morgan fingerprint density at radius 3 is 2.50 bits per heavy atom. The van der Waals surface area contributed by atoms with Crippen molar-refractivity contribution in [3.05, 3.63) is 36.0 Å². The zero-order valence-electron chi connectivity index (χ0n) is 14.3. The Morgan fingerprint density at radius 1 is 1.29 bits per heavy atom. The van der Waals surface area contributed by atoms with E-state index < -0.39 is 9.84 Å². The SMILES string of the molecule is CC(C)(C)c1ccc(OC[C@@H]2Cn3cc(S(C)(=O)=O)nc3O2)cc1. The molecule has 0 radical (unpaired) electrons. The molecule has 1 aromatic heterocycles. The van der Waals surface area contributed by atoms with Crippen molar-refractivity contribution in [2.24, 2.45) is 0 Å². The second kappa shape index (κ2) is 5.81. The van der Waals surface area contributed by atoms with Gasteiger partial charge in [-0.15, -0.1) is 0 Å². The quantitative estimate of drug-likeness (QED) is 0.847. The number of fused-ring (bicyclic) bond motifs is 1. The van der Waals surface area contributed by atoms with Crippen molar-refractivity contribution in [3.63, 3.8) is 0 Å². The van der Waals surface area contributed by atoms with Crippen molar-refractivity contribution < 1.29 is 17.9 Å². The van der Waals surface area contributed by atoms with E-state index in [1.54, 1.807) is 4.57 Å². The van der Waals surface area contributed by atoms with Crippen LogP contribution in [0.4, 0.5) is 0 Å². The second-order valence-electron chi connectivity index (χ2n) is 7.11. The van der Waals surface area contributed by atoms with Gasteiger partial charge in [-0.3, -0.25) is 4.57 Å². The van der Waals surface area contributed by atoms with E-state index in [-0.39, 0.29) is 16.5 Å². The number of nitrogens with zero attached hydrogens (tertiary/aromatic N) is 2. The molecular formula is C17H22N2O4S. The number of hydrogen-bond acceptors (Lipinski definition) is 5. The fraction of sp³-hybridized carbons (Fsp3) is 0.471. The van der Waals surface area contributed by atoms with Crippen molar-refractivity contribution in [2.45, 2.75) is 43.9 Å². The third-order valence-corrected chi connectivity index (χ3v) is 4.88. The van der Waals surface area contributed by atoms with Crippen molar-refractivity contribution in [1.82, 2.24) is 9.55 Å². The number of aromatic nitrogens is 2. The lowest BCUT2D eigenvalue weighted by atomic mass is 9.87. The monoisotopic (exact) mass is 350 g/mol. The number of sulfone groups is 1. The first-order chi connectivity index (χ1) is 11.1. The van der Waals surface area contributed by atoms with Crippen LogP contribution in [0.15, 0.2) is 35.5 Å². The summed E-state index contributed by atoms with van der Waals surface area (Å²) >= 11 is 0. The number of ether oxygens (including phenoxy) is 2. The summed E-state index contributed by atoms with van der Waals surface area (Å²) in [7, 11) is -3.31. The molecular weight excluding hydrogens is 328 g/mol. The van der Waals surface area contributed by atoms with Gasteiger partial charge in [0.05, 0.1) is 6.54 Å². The summed E-state index contributed by atoms with van der Waals surface area (Å²) < 4.78 is 36.1. The van der Waals surface area contributed by atoms with E-state index >= 15 is 0 Å². The Labute approximate surface area is 142 Å². The second-order valence-corrected chi connectivity index (χ2v) is 9.07. The van der Waals surface area contributed by atoms with Gasteiger partial charge in [0, 0.05) is 12.5 Å². The molecule has 2 aromatic rings. The standard InChI is InChI=1S/C17H22N2O4S/c1-17(2,3)12-5-7-13(8-6-12)22-11-14-9-19-10-15(24(4,20)21)18-16(19)23-14/h5-8,10,14H,9,11H2,1-4H3/t14-/m0/s1. The van der Waals surface area contributed by atoms with Gasteiger partial charge in [0.25, 0.3) is 6.01 Å². The highest BCUT2D eigenvalue weighted by Crippen LogP contribution is 2.26. The van der Waals surface area contributed by atoms with Crippen molar-refractivity contribution in [3.8, 4) is 11.8 Å². The van der Waals surface area contributed by atoms with E-state index in [2.05, 4.69) is 37.9 Å². The molecule has 0 amide bonds. The van der Waals surface area contributed by atoms with Gasteiger partial charge < -0.3 is 9.47 Å². The predicted molar refractivity (Wildman–Crippen MR) is 90.4 cm³/mol. The van der Waals surface area contributed by atoms with Crippen molar-refractivity contribution >= 4 is 9.84 Å². The summed E-state index contributed by atoms with van der Waals surface area (Å²) in [4.78, 5) is 4.00. The van der Waals surface area contributed by atoms with Crippen LogP contribution in [0.25, 0.3) is 0 Å². The molecule has 7 heteroatoms. The Balaban J connectivity index is 1.58. The fourth-order valence-corrected chi connectivity index (χ4v) is 3.07. The Hall–Kier alpha value is -2.02. The maximum Gasteiger partial charge on any atom is 0.298 e. The van der Waals surface area contributed by atoms with Crippen LogP contribution >= 0.6 is 0 Å². The zero-order chi connectivity index (χ0) is 17.5. The van der Waals surface area contributed by atoms with E-state index in [0.29, 0.717) is 19.2 Å². The van der Waals surface area contributed by atoms with Gasteiger partial charge in [0.15, 0.2) is 21.0 Å². The summed E-state index contributed by atoms with van der Waals surface area (Å²) in [5.41, 5.74) is 1.36. The van der Waals surface area contributed by atoms with Crippen LogP contribution in [-0.2, 0) is 21.8 Å². The lowest BCUT2D eigenvalue weighted by Gasteiger charge is -2.19. The fourth-order valence-electron chi connectivity index (χ4n) is 2.51. The van der Waals surface area contributed by atoms with Crippen LogP contribution in [0.3, 0.4) is 0 Å². The summed E-state index contributed by atoms with van der Waals surface area (Å²) in [5.74, 6) is 0.785. The van der Waals surface area contributed by atoms with E-state index in [0.717, 1.165) is 12.0 Å². The Morgan fingerprint density at radius 2 is 1.96 bits per heavy atom. The third kappa shape index (κ3) is 3.56. The van der Waals surface area contributed by atoms with Crippen LogP contribution in [0.5, 0.6) is 11.8 Å². The lowest BCUT2D eigenvalue weighted by Crippen LogP contribution is -2.23. The molecule has 2 heterocycles. The van der Waals surface area contributed by atoms with E-state index in [1.165, 1.54) is 11.8 Å². The highest BCUT2D eigenvalue weighted by atomic mass is 32.2. The third-order valence-electron chi connectivity index (χ3n) is 3.93. The molecule has 0 spiro atoms. The first-order valence-electron chi connectivity index (χ1n) is 7.80. The number of hydrogen-bond donors (Lipinski definition) is 0. The van der Waals surface area contributed by atoms with Crippen molar-refractivity contribution in [1.29, 1.82) is 0 Å². The summed E-state index contributed by atoms with van der Waals surface area (Å²) in [5, 5.41) is 0.0367. The molecule has 1 aliphatic rings. The topological polar surface area (TPSA) is 70.4 Å². The molecule has 0 N–H and O–H groups in total. The smallest absolute Gasteiger partial charge is 0.298 e. The summed E-state index contributed by atoms with van der Waals surface area (Å²) in [6, 6.07) is 8.36. The minimum Gasteiger partial charge on any atom is -0.490 e. The maximum absolute atomic E-state index is 11.5. The molecule has 0 saturated heterocycles. The van der Waals surface area contributed by atoms with E-state index in [9.17, 15) is 8.42 Å². The number of imidazole rings is 1. The molecule has 130 valence electrons. The molecule has 1 atom stereocenters. The number of benzene rings is 1. The average Bonchev–Trinajstić information content (AvgIpc) is 3.02. The minimum atomic E-state index is -3.31. The largest absolute Gasteiger partial charge is 0.490 e. The average molecular weight is 350 g/mol. The molecule has 0 unspecified atom stereocenters. The highest BCUT2D eigenvalue weighted by molar-refractivity contribution is 7.90. The van der Waals surface area contributed by atoms with Gasteiger partial charge >= 0.3 is 0 Å². The van der Waals surface area contributed by atoms with Crippen LogP contribution in [-0.4, -0.2) is 36.9 Å². The maximum atomic E-state index is 11.5. The van der Waals surface area contributed by atoms with Crippen LogP contribution < -0.4 is 9.47 Å². The van der Waals surface area contributed by atoms with Crippen LogP contribution in [0.1, 0.15) is 26.3 Å². The number of rotatable bonds is 4. The zero-order valence-corrected chi connectivity index (χ0v) is 15.1. The van der Waals surface area contributed by atoms with E-state index in [1.807, 2.05) is 12.1 Å². The van der Waals surface area contributed by atoms with Gasteiger partial charge in [0.2, 0.25) is 0 Å². The van der Waals surface area contributed by atoms with Gasteiger partial charge in [-0.2, -0.15) is 4.98 Å². The molecule has 0 bridgehead atoms. The molecule has 24 heavy (non-hydrogen) atoms. The van der Waals surface area contributed by atoms with Gasteiger partial charge in [-0.1, -0.05) is 32.9 Å². The van der Waals surface area contributed by atoms with Crippen LogP contribution in [0.2, 0.25) is 0 Å². The molecule has 0 fully saturated rings. The minimum absolute atomic E-state index is 0.0367. The molecule has 1 aromatic carbocycles. The lowest BCUT2D eigenvalue weighted by molar-refractivity contribution is 0.142. The van der Waals surface area contributed by atoms with Gasteiger partial charge in [0.1, 0.15) is 12.4 Å². The molecule has 0 aliphatic carbocycles. The Bertz CT molecular complexity index is 809. The summed E-state index contributed by atoms with van der Waals surface area (Å²) in [6.45, 7) is 7.41. The first-order valence-corrected chi connectivity index (χ1v) is 9.69. The van der Waals surface area contributed by atoms with E-state index in [4.69, 9.17) is 9.47 Å². The normalized spacial score (nSPS) is 17.4. The predicted octanol–water partition coefficient (Wildman–Crippen LogP) is 2.42. The summed E-state index contributed by atoms with van der Waals surface area (Å²) in [6.07, 6.45) is 2.46. The molecule has 1 aliphatic heterocycles. The highest BCUT2D eigenvalue weighted by Gasteiger charge is 2.27.